The van der Waals surface area contributed by atoms with Crippen LogP contribution >= 0.6 is 37.9 Å². The Morgan fingerprint density at radius 2 is 0.812 bits per heavy atom. The van der Waals surface area contributed by atoms with Crippen molar-refractivity contribution in [2.24, 2.45) is 0 Å². The Balaban J connectivity index is 4.53. The van der Waals surface area contributed by atoms with Crippen LogP contribution < -0.4 is 0 Å². The van der Waals surface area contributed by atoms with Gasteiger partial charge in [-0.1, -0.05) is 0 Å². The molecule has 0 N–H and O–H groups in total. The number of thiol groups is 3. The quantitative estimate of drug-likeness (QED) is 0.398. The third-order valence-electron chi connectivity index (χ3n) is 1.15. The fourth-order valence-electron chi connectivity index (χ4n) is 0.779. The SMILES string of the molecule is CC(C)(S)OB(OC(C)(C)S)OC(C)(C)S. The molecule has 3 nitrogen and oxygen atoms in total. The summed E-state index contributed by atoms with van der Waals surface area (Å²) < 4.78 is 16.5. The van der Waals surface area contributed by atoms with Crippen molar-refractivity contribution in [2.45, 2.75) is 56.3 Å². The van der Waals surface area contributed by atoms with E-state index >= 15 is 0 Å². The van der Waals surface area contributed by atoms with Crippen LogP contribution in [-0.2, 0) is 14.0 Å². The Morgan fingerprint density at radius 1 is 0.625 bits per heavy atom. The minimum absolute atomic E-state index is 0.664. The lowest BCUT2D eigenvalue weighted by atomic mass is 10.1. The maximum absolute atomic E-state index is 5.51. The highest BCUT2D eigenvalue weighted by molar-refractivity contribution is 7.82. The van der Waals surface area contributed by atoms with Crippen molar-refractivity contribution in [3.8, 4) is 0 Å². The molecule has 0 aliphatic heterocycles. The first-order valence-electron chi connectivity index (χ1n) is 4.99. The van der Waals surface area contributed by atoms with Gasteiger partial charge in [0, 0.05) is 0 Å². The Bertz CT molecular complexity index is 179. The first kappa shape index (κ1) is 17.0. The van der Waals surface area contributed by atoms with Gasteiger partial charge < -0.3 is 14.0 Å². The van der Waals surface area contributed by atoms with E-state index in [1.165, 1.54) is 0 Å². The van der Waals surface area contributed by atoms with Crippen molar-refractivity contribution in [3.63, 3.8) is 0 Å². The molecule has 0 heterocycles. The normalized spacial score (nSPS) is 14.1. The van der Waals surface area contributed by atoms with Crippen LogP contribution in [0.1, 0.15) is 41.5 Å². The lowest BCUT2D eigenvalue weighted by Crippen LogP contribution is -2.43. The summed E-state index contributed by atoms with van der Waals surface area (Å²) in [6.45, 7) is 10.8. The zero-order valence-electron chi connectivity index (χ0n) is 10.6. The van der Waals surface area contributed by atoms with Crippen LogP contribution in [0, 0.1) is 0 Å². The molecule has 7 heteroatoms. The maximum atomic E-state index is 5.51. The molecule has 0 fully saturated rings. The van der Waals surface area contributed by atoms with E-state index < -0.39 is 22.1 Å². The fraction of sp³-hybridized carbons (Fsp3) is 1.00. The van der Waals surface area contributed by atoms with Crippen LogP contribution in [0.5, 0.6) is 0 Å². The Hall–Kier alpha value is 0.995. The Morgan fingerprint density at radius 3 is 0.938 bits per heavy atom. The van der Waals surface area contributed by atoms with E-state index in [9.17, 15) is 0 Å². The lowest BCUT2D eigenvalue weighted by Gasteiger charge is -2.31. The summed E-state index contributed by atoms with van der Waals surface area (Å²) in [5.41, 5.74) is 0. The molecule has 0 saturated heterocycles. The van der Waals surface area contributed by atoms with Crippen molar-refractivity contribution in [1.82, 2.24) is 0 Å². The molecule has 0 aromatic carbocycles. The molecule has 0 radical (unpaired) electrons. The van der Waals surface area contributed by atoms with Crippen molar-refractivity contribution < 1.29 is 14.0 Å². The van der Waals surface area contributed by atoms with Crippen molar-refractivity contribution >= 4 is 45.2 Å². The van der Waals surface area contributed by atoms with Gasteiger partial charge in [-0.25, -0.2) is 0 Å². The zero-order chi connectivity index (χ0) is 13.2. The Kier molecular flexibility index (Phi) is 6.11. The highest BCUT2D eigenvalue weighted by Gasteiger charge is 2.37. The second-order valence-electron chi connectivity index (χ2n) is 4.98. The van der Waals surface area contributed by atoms with Gasteiger partial charge in [0.05, 0.1) is 14.8 Å². The summed E-state index contributed by atoms with van der Waals surface area (Å²) in [6.07, 6.45) is 0. The second-order valence-corrected chi connectivity index (χ2v) is 8.21. The lowest BCUT2D eigenvalue weighted by molar-refractivity contribution is 0.00746. The van der Waals surface area contributed by atoms with Crippen molar-refractivity contribution in [2.75, 3.05) is 0 Å². The van der Waals surface area contributed by atoms with Crippen LogP contribution in [0.15, 0.2) is 0 Å². The zero-order valence-corrected chi connectivity index (χ0v) is 13.3. The van der Waals surface area contributed by atoms with Crippen LogP contribution in [0.3, 0.4) is 0 Å². The van der Waals surface area contributed by atoms with Gasteiger partial charge in [0.15, 0.2) is 0 Å². The molecule has 0 amide bonds. The van der Waals surface area contributed by atoms with E-state index in [1.807, 2.05) is 0 Å². The average Bonchev–Trinajstić information content (AvgIpc) is 1.70. The molecular formula is C9H21BO3S3. The molecule has 0 atom stereocenters. The minimum Gasteiger partial charge on any atom is -0.372 e. The third-order valence-corrected chi connectivity index (χ3v) is 1.47. The van der Waals surface area contributed by atoms with Crippen molar-refractivity contribution in [1.29, 1.82) is 0 Å². The summed E-state index contributed by atoms with van der Waals surface area (Å²) in [7, 11) is -0.868. The van der Waals surface area contributed by atoms with E-state index in [0.717, 1.165) is 0 Å². The summed E-state index contributed by atoms with van der Waals surface area (Å²) in [6, 6.07) is 0. The molecule has 16 heavy (non-hydrogen) atoms. The Labute approximate surface area is 115 Å². The highest BCUT2D eigenvalue weighted by Crippen LogP contribution is 2.25. The molecule has 0 spiro atoms. The van der Waals surface area contributed by atoms with Gasteiger partial charge in [0.1, 0.15) is 0 Å². The molecule has 0 saturated carbocycles. The van der Waals surface area contributed by atoms with E-state index in [4.69, 9.17) is 14.0 Å². The molecule has 0 aromatic rings. The highest BCUT2D eigenvalue weighted by atomic mass is 32.1. The van der Waals surface area contributed by atoms with Gasteiger partial charge in [-0.15, -0.1) is 37.9 Å². The third kappa shape index (κ3) is 11.5. The van der Waals surface area contributed by atoms with E-state index in [1.54, 1.807) is 41.5 Å². The molecule has 0 aromatic heterocycles. The number of hydrogen-bond donors (Lipinski definition) is 3. The predicted octanol–water partition coefficient (Wildman–Crippen LogP) is 3.02. The van der Waals surface area contributed by atoms with E-state index in [0.29, 0.717) is 0 Å². The van der Waals surface area contributed by atoms with Gasteiger partial charge >= 0.3 is 7.32 Å². The van der Waals surface area contributed by atoms with Gasteiger partial charge in [-0.3, -0.25) is 0 Å². The first-order chi connectivity index (χ1) is 6.79. The molecule has 0 bridgehead atoms. The predicted molar refractivity (Wildman–Crippen MR) is 78.2 cm³/mol. The monoisotopic (exact) mass is 284 g/mol. The summed E-state index contributed by atoms with van der Waals surface area (Å²) in [5, 5.41) is 0. The summed E-state index contributed by atoms with van der Waals surface area (Å²) >= 11 is 12.8. The number of hydrogen-bond acceptors (Lipinski definition) is 6. The van der Waals surface area contributed by atoms with E-state index in [-0.39, 0.29) is 0 Å². The minimum atomic E-state index is -0.868. The summed E-state index contributed by atoms with van der Waals surface area (Å²) in [5.74, 6) is 0. The smallest absolute Gasteiger partial charge is 0.372 e. The van der Waals surface area contributed by atoms with Crippen LogP contribution in [-0.4, -0.2) is 22.1 Å². The molecular weight excluding hydrogens is 263 g/mol. The van der Waals surface area contributed by atoms with Crippen molar-refractivity contribution in [3.05, 3.63) is 0 Å². The fourth-order valence-corrected chi connectivity index (χ4v) is 1.04. The van der Waals surface area contributed by atoms with Gasteiger partial charge in [0.25, 0.3) is 0 Å². The molecule has 0 unspecified atom stereocenters. The maximum Gasteiger partial charge on any atom is 0.642 e. The number of rotatable bonds is 6. The molecule has 96 valence electrons. The van der Waals surface area contributed by atoms with Gasteiger partial charge in [-0.05, 0) is 41.5 Å². The standard InChI is InChI=1S/C9H21BO3S3/c1-7(2,14)11-10(12-8(3,4)15)13-9(5,6)16/h14-16H,1-6H3. The second kappa shape index (κ2) is 5.76. The van der Waals surface area contributed by atoms with E-state index in [2.05, 4.69) is 37.9 Å². The largest absolute Gasteiger partial charge is 0.642 e. The van der Waals surface area contributed by atoms with Gasteiger partial charge in [0.2, 0.25) is 0 Å². The molecule has 0 aliphatic rings. The summed E-state index contributed by atoms with van der Waals surface area (Å²) in [4.78, 5) is -1.99. The van der Waals surface area contributed by atoms with Gasteiger partial charge in [-0.2, -0.15) is 0 Å². The molecule has 0 aliphatic carbocycles. The van der Waals surface area contributed by atoms with Crippen LogP contribution in [0.25, 0.3) is 0 Å². The topological polar surface area (TPSA) is 27.7 Å². The van der Waals surface area contributed by atoms with Crippen LogP contribution in [0.4, 0.5) is 0 Å². The molecule has 0 rings (SSSR count). The van der Waals surface area contributed by atoms with Crippen LogP contribution in [0.2, 0.25) is 0 Å². The first-order valence-corrected chi connectivity index (χ1v) is 6.33. The average molecular weight is 284 g/mol.